The molecule has 88 valence electrons. The minimum Gasteiger partial charge on any atom is -0.324 e. The fraction of sp³-hybridized carbons (Fsp3) is 0.154. The summed E-state index contributed by atoms with van der Waals surface area (Å²) >= 11 is 7.54. The van der Waals surface area contributed by atoms with Gasteiger partial charge < -0.3 is 5.73 Å². The number of rotatable bonds is 3. The topological polar surface area (TPSA) is 38.9 Å². The summed E-state index contributed by atoms with van der Waals surface area (Å²) in [6, 6.07) is 11.6. The van der Waals surface area contributed by atoms with E-state index in [2.05, 4.69) is 4.98 Å². The van der Waals surface area contributed by atoms with Gasteiger partial charge in [0, 0.05) is 27.7 Å². The first kappa shape index (κ1) is 12.4. The molecule has 0 aliphatic carbocycles. The van der Waals surface area contributed by atoms with Gasteiger partial charge in [0.25, 0.3) is 0 Å². The quantitative estimate of drug-likeness (QED) is 0.914. The van der Waals surface area contributed by atoms with Crippen LogP contribution in [0.4, 0.5) is 0 Å². The normalized spacial score (nSPS) is 12.4. The molecule has 2 aromatic rings. The van der Waals surface area contributed by atoms with E-state index in [-0.39, 0.29) is 6.04 Å². The third kappa shape index (κ3) is 3.22. The van der Waals surface area contributed by atoms with Crippen LogP contribution in [0.1, 0.15) is 18.5 Å². The standard InChI is InChI=1S/C13H13ClN2S/c1-9(15)12-6-3-7-16-13(12)17-11-5-2-4-10(14)8-11/h2-9H,15H2,1H3/t9-/m1/s1. The van der Waals surface area contributed by atoms with E-state index >= 15 is 0 Å². The number of nitrogens with two attached hydrogens (primary N) is 1. The molecule has 0 radical (unpaired) electrons. The smallest absolute Gasteiger partial charge is 0.105 e. The highest BCUT2D eigenvalue weighted by Gasteiger charge is 2.09. The van der Waals surface area contributed by atoms with E-state index in [0.29, 0.717) is 0 Å². The molecule has 2 nitrogen and oxygen atoms in total. The van der Waals surface area contributed by atoms with Crippen molar-refractivity contribution >= 4 is 23.4 Å². The van der Waals surface area contributed by atoms with E-state index in [4.69, 9.17) is 17.3 Å². The number of nitrogens with zero attached hydrogens (tertiary/aromatic N) is 1. The van der Waals surface area contributed by atoms with Crippen LogP contribution in [0, 0.1) is 0 Å². The van der Waals surface area contributed by atoms with Gasteiger partial charge in [-0.05, 0) is 31.2 Å². The third-order valence-electron chi connectivity index (χ3n) is 2.30. The first-order valence-corrected chi connectivity index (χ1v) is 6.50. The van der Waals surface area contributed by atoms with Gasteiger partial charge in [0.05, 0.1) is 0 Å². The molecule has 0 saturated carbocycles. The second-order valence-corrected chi connectivity index (χ2v) is 5.24. The summed E-state index contributed by atoms with van der Waals surface area (Å²) in [5.41, 5.74) is 6.97. The van der Waals surface area contributed by atoms with Gasteiger partial charge in [-0.25, -0.2) is 4.98 Å². The molecule has 1 atom stereocenters. The van der Waals surface area contributed by atoms with E-state index < -0.39 is 0 Å². The Hall–Kier alpha value is -1.03. The molecule has 1 heterocycles. The predicted molar refractivity (Wildman–Crippen MR) is 72.4 cm³/mol. The molecule has 2 rings (SSSR count). The molecule has 0 spiro atoms. The highest BCUT2D eigenvalue weighted by atomic mass is 35.5. The summed E-state index contributed by atoms with van der Waals surface area (Å²) < 4.78 is 0. The van der Waals surface area contributed by atoms with Crippen LogP contribution in [0.15, 0.2) is 52.5 Å². The van der Waals surface area contributed by atoms with E-state index in [1.54, 1.807) is 18.0 Å². The van der Waals surface area contributed by atoms with Crippen molar-refractivity contribution in [3.05, 3.63) is 53.2 Å². The highest BCUT2D eigenvalue weighted by Crippen LogP contribution is 2.31. The third-order valence-corrected chi connectivity index (χ3v) is 3.56. The number of pyridine rings is 1. The first-order valence-electron chi connectivity index (χ1n) is 5.31. The fourth-order valence-electron chi connectivity index (χ4n) is 1.48. The molecule has 0 aliphatic heterocycles. The van der Waals surface area contributed by atoms with Gasteiger partial charge in [0.2, 0.25) is 0 Å². The monoisotopic (exact) mass is 264 g/mol. The number of aromatic nitrogens is 1. The van der Waals surface area contributed by atoms with Crippen LogP contribution in [0.3, 0.4) is 0 Å². The number of benzene rings is 1. The van der Waals surface area contributed by atoms with Crippen molar-refractivity contribution in [3.63, 3.8) is 0 Å². The lowest BCUT2D eigenvalue weighted by molar-refractivity contribution is 0.779. The summed E-state index contributed by atoms with van der Waals surface area (Å²) in [5, 5.41) is 1.66. The Bertz CT molecular complexity index is 514. The molecular weight excluding hydrogens is 252 g/mol. The lowest BCUT2D eigenvalue weighted by Crippen LogP contribution is -2.07. The molecular formula is C13H13ClN2S. The molecule has 0 unspecified atom stereocenters. The number of halogens is 1. The van der Waals surface area contributed by atoms with Gasteiger partial charge in [-0.3, -0.25) is 0 Å². The van der Waals surface area contributed by atoms with Crippen molar-refractivity contribution in [2.24, 2.45) is 5.73 Å². The van der Waals surface area contributed by atoms with E-state index in [1.165, 1.54) is 0 Å². The maximum absolute atomic E-state index is 5.95. The van der Waals surface area contributed by atoms with Gasteiger partial charge in [-0.1, -0.05) is 35.5 Å². The Labute approximate surface area is 110 Å². The van der Waals surface area contributed by atoms with E-state index in [1.807, 2.05) is 43.3 Å². The number of hydrogen-bond acceptors (Lipinski definition) is 3. The van der Waals surface area contributed by atoms with Crippen molar-refractivity contribution in [1.29, 1.82) is 0 Å². The van der Waals surface area contributed by atoms with Gasteiger partial charge in [-0.2, -0.15) is 0 Å². The van der Waals surface area contributed by atoms with Gasteiger partial charge in [0.15, 0.2) is 0 Å². The van der Waals surface area contributed by atoms with Crippen LogP contribution in [0.25, 0.3) is 0 Å². The molecule has 1 aromatic carbocycles. The average molecular weight is 265 g/mol. The summed E-state index contributed by atoms with van der Waals surface area (Å²) in [6.45, 7) is 1.96. The van der Waals surface area contributed by atoms with Crippen LogP contribution in [0.5, 0.6) is 0 Å². The second-order valence-electron chi connectivity index (χ2n) is 3.75. The Morgan fingerprint density at radius 2 is 2.12 bits per heavy atom. The van der Waals surface area contributed by atoms with Crippen LogP contribution in [-0.2, 0) is 0 Å². The molecule has 0 fully saturated rings. The molecule has 0 bridgehead atoms. The predicted octanol–water partition coefficient (Wildman–Crippen LogP) is 3.91. The van der Waals surface area contributed by atoms with E-state index in [9.17, 15) is 0 Å². The zero-order valence-corrected chi connectivity index (χ0v) is 11.0. The SMILES string of the molecule is C[C@@H](N)c1cccnc1Sc1cccc(Cl)c1. The van der Waals surface area contributed by atoms with Crippen molar-refractivity contribution in [2.45, 2.75) is 22.9 Å². The Kier molecular flexibility index (Phi) is 4.05. The van der Waals surface area contributed by atoms with Gasteiger partial charge in [-0.15, -0.1) is 0 Å². The summed E-state index contributed by atoms with van der Waals surface area (Å²) in [7, 11) is 0. The lowest BCUT2D eigenvalue weighted by Gasteiger charge is -2.10. The fourth-order valence-corrected chi connectivity index (χ4v) is 2.77. The van der Waals surface area contributed by atoms with Crippen molar-refractivity contribution in [3.8, 4) is 0 Å². The van der Waals surface area contributed by atoms with Crippen LogP contribution < -0.4 is 5.73 Å². The van der Waals surface area contributed by atoms with Gasteiger partial charge >= 0.3 is 0 Å². The second kappa shape index (κ2) is 5.54. The molecule has 17 heavy (non-hydrogen) atoms. The Morgan fingerprint density at radius 3 is 2.82 bits per heavy atom. The summed E-state index contributed by atoms with van der Waals surface area (Å²) in [6.07, 6.45) is 1.78. The zero-order chi connectivity index (χ0) is 12.3. The van der Waals surface area contributed by atoms with Crippen LogP contribution in [-0.4, -0.2) is 4.98 Å². The molecule has 0 saturated heterocycles. The van der Waals surface area contributed by atoms with Crippen molar-refractivity contribution in [2.75, 3.05) is 0 Å². The van der Waals surface area contributed by atoms with E-state index in [0.717, 1.165) is 20.5 Å². The summed E-state index contributed by atoms with van der Waals surface area (Å²) in [5.74, 6) is 0. The largest absolute Gasteiger partial charge is 0.324 e. The van der Waals surface area contributed by atoms with Crippen LogP contribution >= 0.6 is 23.4 Å². The zero-order valence-electron chi connectivity index (χ0n) is 9.43. The summed E-state index contributed by atoms with van der Waals surface area (Å²) in [4.78, 5) is 5.43. The molecule has 4 heteroatoms. The molecule has 0 aliphatic rings. The number of hydrogen-bond donors (Lipinski definition) is 1. The molecule has 2 N–H and O–H groups in total. The first-order chi connectivity index (χ1) is 8.16. The van der Waals surface area contributed by atoms with Crippen molar-refractivity contribution in [1.82, 2.24) is 4.98 Å². The maximum Gasteiger partial charge on any atom is 0.105 e. The average Bonchev–Trinajstić information content (AvgIpc) is 2.29. The minimum absolute atomic E-state index is 0.0228. The minimum atomic E-state index is -0.0228. The molecule has 1 aromatic heterocycles. The molecule has 0 amide bonds. The van der Waals surface area contributed by atoms with Gasteiger partial charge in [0.1, 0.15) is 5.03 Å². The maximum atomic E-state index is 5.95. The van der Waals surface area contributed by atoms with Crippen molar-refractivity contribution < 1.29 is 0 Å². The van der Waals surface area contributed by atoms with Crippen LogP contribution in [0.2, 0.25) is 5.02 Å². The highest BCUT2D eigenvalue weighted by molar-refractivity contribution is 7.99. The Morgan fingerprint density at radius 1 is 1.29 bits per heavy atom. The lowest BCUT2D eigenvalue weighted by atomic mass is 10.2. The Balaban J connectivity index is 2.30.